The highest BCUT2D eigenvalue weighted by atomic mass is 16.1. The number of H-pyrrole nitrogens is 1. The number of pyridine rings is 1. The molecule has 0 spiro atoms. The standard InChI is InChI=1S/C19H19N3O2/c1-13-11-14(2)21-19(24)17(13)12-20-18(23)15-5-7-16(8-6-15)22-9-3-4-10-22/h3-11H,12H2,1-2H3,(H,20,23)(H,21,24). The maximum atomic E-state index is 12.3. The van der Waals surface area contributed by atoms with Gasteiger partial charge in [-0.3, -0.25) is 9.59 Å². The SMILES string of the molecule is Cc1cc(C)c(CNC(=O)c2ccc(-n3cccc3)cc2)c(=O)[nH]1. The van der Waals surface area contributed by atoms with Crippen molar-refractivity contribution in [3.05, 3.63) is 87.6 Å². The molecule has 3 aromatic rings. The molecule has 24 heavy (non-hydrogen) atoms. The molecule has 0 aliphatic rings. The van der Waals surface area contributed by atoms with Gasteiger partial charge in [-0.15, -0.1) is 0 Å². The van der Waals surface area contributed by atoms with Crippen LogP contribution in [0.25, 0.3) is 5.69 Å². The predicted molar refractivity (Wildman–Crippen MR) is 93.5 cm³/mol. The van der Waals surface area contributed by atoms with Gasteiger partial charge in [-0.2, -0.15) is 0 Å². The maximum Gasteiger partial charge on any atom is 0.253 e. The molecule has 0 unspecified atom stereocenters. The molecule has 0 atom stereocenters. The summed E-state index contributed by atoms with van der Waals surface area (Å²) in [4.78, 5) is 27.0. The zero-order valence-electron chi connectivity index (χ0n) is 13.7. The Morgan fingerprint density at radius 3 is 2.42 bits per heavy atom. The van der Waals surface area contributed by atoms with Crippen LogP contribution in [0.2, 0.25) is 0 Å². The van der Waals surface area contributed by atoms with Gasteiger partial charge in [0.25, 0.3) is 11.5 Å². The van der Waals surface area contributed by atoms with Crippen LogP contribution in [-0.2, 0) is 6.54 Å². The van der Waals surface area contributed by atoms with Crippen LogP contribution in [0.4, 0.5) is 0 Å². The predicted octanol–water partition coefficient (Wildman–Crippen LogP) is 2.71. The first kappa shape index (κ1) is 15.8. The third-order valence-corrected chi connectivity index (χ3v) is 3.95. The number of rotatable bonds is 4. The Hall–Kier alpha value is -3.08. The van der Waals surface area contributed by atoms with E-state index in [1.54, 1.807) is 12.1 Å². The van der Waals surface area contributed by atoms with Gasteiger partial charge in [-0.1, -0.05) is 0 Å². The van der Waals surface area contributed by atoms with E-state index in [9.17, 15) is 9.59 Å². The first-order chi connectivity index (χ1) is 11.5. The Morgan fingerprint density at radius 1 is 1.12 bits per heavy atom. The van der Waals surface area contributed by atoms with Crippen LogP contribution >= 0.6 is 0 Å². The Morgan fingerprint density at radius 2 is 1.79 bits per heavy atom. The molecule has 1 amide bonds. The molecule has 5 heteroatoms. The van der Waals surface area contributed by atoms with Crippen molar-refractivity contribution in [2.45, 2.75) is 20.4 Å². The number of aromatic nitrogens is 2. The van der Waals surface area contributed by atoms with E-state index in [1.807, 2.05) is 61.1 Å². The molecule has 0 bridgehead atoms. The van der Waals surface area contributed by atoms with Gasteiger partial charge < -0.3 is 14.9 Å². The van der Waals surface area contributed by atoms with Gasteiger partial charge in [0, 0.05) is 41.4 Å². The summed E-state index contributed by atoms with van der Waals surface area (Å²) in [5.74, 6) is -0.201. The Bertz CT molecular complexity index is 907. The van der Waals surface area contributed by atoms with Crippen molar-refractivity contribution in [2.24, 2.45) is 0 Å². The van der Waals surface area contributed by atoms with Crippen LogP contribution in [-0.4, -0.2) is 15.5 Å². The smallest absolute Gasteiger partial charge is 0.253 e. The van der Waals surface area contributed by atoms with Gasteiger partial charge in [0.15, 0.2) is 0 Å². The highest BCUT2D eigenvalue weighted by molar-refractivity contribution is 5.94. The number of nitrogens with one attached hydrogen (secondary N) is 2. The molecule has 5 nitrogen and oxygen atoms in total. The second-order valence-corrected chi connectivity index (χ2v) is 5.76. The summed E-state index contributed by atoms with van der Waals surface area (Å²) in [5, 5.41) is 2.80. The number of hydrogen-bond donors (Lipinski definition) is 2. The minimum atomic E-state index is -0.201. The normalized spacial score (nSPS) is 10.6. The lowest BCUT2D eigenvalue weighted by molar-refractivity contribution is 0.0951. The van der Waals surface area contributed by atoms with Crippen LogP contribution in [0.3, 0.4) is 0 Å². The van der Waals surface area contributed by atoms with Crippen LogP contribution in [0, 0.1) is 13.8 Å². The zero-order chi connectivity index (χ0) is 17.1. The topological polar surface area (TPSA) is 66.9 Å². The van der Waals surface area contributed by atoms with Crippen molar-refractivity contribution in [3.8, 4) is 5.69 Å². The highest BCUT2D eigenvalue weighted by Crippen LogP contribution is 2.10. The van der Waals surface area contributed by atoms with Crippen molar-refractivity contribution in [1.29, 1.82) is 0 Å². The number of hydrogen-bond acceptors (Lipinski definition) is 2. The lowest BCUT2D eigenvalue weighted by atomic mass is 10.1. The van der Waals surface area contributed by atoms with E-state index in [1.165, 1.54) is 0 Å². The van der Waals surface area contributed by atoms with E-state index in [0.29, 0.717) is 11.1 Å². The fourth-order valence-electron chi connectivity index (χ4n) is 2.66. The summed E-state index contributed by atoms with van der Waals surface area (Å²) >= 11 is 0. The van der Waals surface area contributed by atoms with Crippen LogP contribution in [0.15, 0.2) is 59.7 Å². The lowest BCUT2D eigenvalue weighted by Gasteiger charge is -2.09. The fourth-order valence-corrected chi connectivity index (χ4v) is 2.66. The maximum absolute atomic E-state index is 12.3. The van der Waals surface area contributed by atoms with E-state index >= 15 is 0 Å². The number of benzene rings is 1. The summed E-state index contributed by atoms with van der Waals surface area (Å²) < 4.78 is 1.97. The van der Waals surface area contributed by atoms with Crippen molar-refractivity contribution >= 4 is 5.91 Å². The van der Waals surface area contributed by atoms with E-state index in [-0.39, 0.29) is 18.0 Å². The van der Waals surface area contributed by atoms with Gasteiger partial charge in [-0.25, -0.2) is 0 Å². The van der Waals surface area contributed by atoms with Gasteiger partial charge in [0.1, 0.15) is 0 Å². The Kier molecular flexibility index (Phi) is 4.33. The highest BCUT2D eigenvalue weighted by Gasteiger charge is 2.09. The molecule has 2 heterocycles. The number of carbonyl (C=O) groups excluding carboxylic acids is 1. The molecular formula is C19H19N3O2. The summed E-state index contributed by atoms with van der Waals surface area (Å²) in [6.45, 7) is 3.91. The first-order valence-electron chi connectivity index (χ1n) is 7.75. The van der Waals surface area contributed by atoms with Crippen molar-refractivity contribution in [3.63, 3.8) is 0 Å². The quantitative estimate of drug-likeness (QED) is 0.776. The number of amides is 1. The second kappa shape index (κ2) is 6.58. The van der Waals surface area contributed by atoms with E-state index in [0.717, 1.165) is 16.9 Å². The van der Waals surface area contributed by atoms with Crippen LogP contribution in [0.5, 0.6) is 0 Å². The minimum Gasteiger partial charge on any atom is -0.348 e. The van der Waals surface area contributed by atoms with Crippen molar-refractivity contribution in [2.75, 3.05) is 0 Å². The van der Waals surface area contributed by atoms with E-state index < -0.39 is 0 Å². The van der Waals surface area contributed by atoms with E-state index in [4.69, 9.17) is 0 Å². The molecule has 1 aromatic carbocycles. The summed E-state index contributed by atoms with van der Waals surface area (Å²) in [6, 6.07) is 13.1. The van der Waals surface area contributed by atoms with Gasteiger partial charge in [0.05, 0.1) is 0 Å². The summed E-state index contributed by atoms with van der Waals surface area (Å²) in [5.41, 5.74) is 3.66. The van der Waals surface area contributed by atoms with Gasteiger partial charge in [-0.05, 0) is 61.9 Å². The first-order valence-corrected chi connectivity index (χ1v) is 7.75. The molecule has 0 aliphatic heterocycles. The molecule has 0 fully saturated rings. The Balaban J connectivity index is 1.71. The molecule has 0 saturated carbocycles. The summed E-state index contributed by atoms with van der Waals surface area (Å²) in [7, 11) is 0. The molecule has 2 N–H and O–H groups in total. The van der Waals surface area contributed by atoms with Crippen LogP contribution in [0.1, 0.15) is 27.2 Å². The number of aromatic amines is 1. The molecule has 0 saturated heterocycles. The monoisotopic (exact) mass is 321 g/mol. The molecule has 122 valence electrons. The van der Waals surface area contributed by atoms with Gasteiger partial charge >= 0.3 is 0 Å². The van der Waals surface area contributed by atoms with E-state index in [2.05, 4.69) is 10.3 Å². The molecule has 3 rings (SSSR count). The van der Waals surface area contributed by atoms with Crippen molar-refractivity contribution < 1.29 is 4.79 Å². The van der Waals surface area contributed by atoms with Crippen LogP contribution < -0.4 is 10.9 Å². The second-order valence-electron chi connectivity index (χ2n) is 5.76. The molecular weight excluding hydrogens is 302 g/mol. The molecule has 2 aromatic heterocycles. The Labute approximate surface area is 140 Å². The summed E-state index contributed by atoms with van der Waals surface area (Å²) in [6.07, 6.45) is 3.89. The number of carbonyl (C=O) groups is 1. The van der Waals surface area contributed by atoms with Gasteiger partial charge in [0.2, 0.25) is 0 Å². The molecule has 0 radical (unpaired) electrons. The number of nitrogens with zero attached hydrogens (tertiary/aromatic N) is 1. The van der Waals surface area contributed by atoms with Crippen molar-refractivity contribution in [1.82, 2.24) is 14.9 Å². The third kappa shape index (κ3) is 3.30. The lowest BCUT2D eigenvalue weighted by Crippen LogP contribution is -2.27. The average molecular weight is 321 g/mol. The third-order valence-electron chi connectivity index (χ3n) is 3.95. The molecule has 0 aliphatic carbocycles. The number of aryl methyl sites for hydroxylation is 2. The zero-order valence-corrected chi connectivity index (χ0v) is 13.7. The fraction of sp³-hybridized carbons (Fsp3) is 0.158. The largest absolute Gasteiger partial charge is 0.348 e. The average Bonchev–Trinajstić information content (AvgIpc) is 3.08. The minimum absolute atomic E-state index is 0.157.